The molecule has 2 fully saturated rings. The fourth-order valence-electron chi connectivity index (χ4n) is 3.48. The summed E-state index contributed by atoms with van der Waals surface area (Å²) in [6.07, 6.45) is 4.09. The standard InChI is InChI=1S/C13H25NO2S/c1-10-8-13(2,3)9-12(10)14-11-4-6-17(15,16)7-5-11/h10-12,14H,4-9H2,1-3H3. The molecule has 1 heterocycles. The zero-order valence-electron chi connectivity index (χ0n) is 11.2. The van der Waals surface area contributed by atoms with Gasteiger partial charge in [-0.1, -0.05) is 20.8 Å². The van der Waals surface area contributed by atoms with Crippen molar-refractivity contribution in [1.82, 2.24) is 5.32 Å². The maximum atomic E-state index is 11.4. The van der Waals surface area contributed by atoms with Crippen LogP contribution in [0.25, 0.3) is 0 Å². The molecule has 1 saturated heterocycles. The monoisotopic (exact) mass is 259 g/mol. The number of hydrogen-bond acceptors (Lipinski definition) is 3. The molecule has 0 aromatic rings. The molecule has 2 atom stereocenters. The Balaban J connectivity index is 1.87. The minimum atomic E-state index is -2.73. The molecule has 1 aliphatic heterocycles. The van der Waals surface area contributed by atoms with E-state index in [1.54, 1.807) is 0 Å². The molecule has 17 heavy (non-hydrogen) atoms. The maximum Gasteiger partial charge on any atom is 0.150 e. The number of hydrogen-bond donors (Lipinski definition) is 1. The van der Waals surface area contributed by atoms with Crippen LogP contribution in [0.3, 0.4) is 0 Å². The summed E-state index contributed by atoms with van der Waals surface area (Å²) in [7, 11) is -2.73. The third-order valence-corrected chi connectivity index (χ3v) is 6.05. The summed E-state index contributed by atoms with van der Waals surface area (Å²) in [6.45, 7) is 6.97. The van der Waals surface area contributed by atoms with Crippen molar-refractivity contribution >= 4 is 9.84 Å². The first-order valence-electron chi connectivity index (χ1n) is 6.74. The first-order valence-corrected chi connectivity index (χ1v) is 8.56. The first kappa shape index (κ1) is 13.3. The second kappa shape index (κ2) is 4.54. The minimum Gasteiger partial charge on any atom is -0.311 e. The van der Waals surface area contributed by atoms with Crippen LogP contribution >= 0.6 is 0 Å². The van der Waals surface area contributed by atoms with E-state index in [4.69, 9.17) is 0 Å². The summed E-state index contributed by atoms with van der Waals surface area (Å²) in [4.78, 5) is 0. The van der Waals surface area contributed by atoms with E-state index in [-0.39, 0.29) is 0 Å². The Labute approximate surface area is 105 Å². The summed E-state index contributed by atoms with van der Waals surface area (Å²) < 4.78 is 22.7. The molecule has 2 aliphatic rings. The zero-order valence-corrected chi connectivity index (χ0v) is 12.0. The van der Waals surface area contributed by atoms with Crippen molar-refractivity contribution in [3.8, 4) is 0 Å². The third-order valence-electron chi connectivity index (χ3n) is 4.34. The summed E-state index contributed by atoms with van der Waals surface area (Å²) >= 11 is 0. The highest BCUT2D eigenvalue weighted by Gasteiger charge is 2.38. The maximum absolute atomic E-state index is 11.4. The van der Waals surface area contributed by atoms with Crippen molar-refractivity contribution < 1.29 is 8.42 Å². The largest absolute Gasteiger partial charge is 0.311 e. The van der Waals surface area contributed by atoms with E-state index in [0.717, 1.165) is 12.8 Å². The molecule has 0 bridgehead atoms. The molecule has 100 valence electrons. The van der Waals surface area contributed by atoms with Gasteiger partial charge in [-0.05, 0) is 37.0 Å². The lowest BCUT2D eigenvalue weighted by Crippen LogP contribution is -2.44. The average Bonchev–Trinajstić information content (AvgIpc) is 2.43. The van der Waals surface area contributed by atoms with E-state index in [0.29, 0.717) is 34.9 Å². The zero-order chi connectivity index (χ0) is 12.7. The normalized spacial score (nSPS) is 37.1. The number of nitrogens with one attached hydrogen (secondary N) is 1. The Morgan fingerprint density at radius 1 is 1.12 bits per heavy atom. The lowest BCUT2D eigenvalue weighted by Gasteiger charge is -2.28. The molecule has 1 N–H and O–H groups in total. The fraction of sp³-hybridized carbons (Fsp3) is 1.00. The first-order chi connectivity index (χ1) is 7.77. The topological polar surface area (TPSA) is 46.2 Å². The molecule has 0 radical (unpaired) electrons. The summed E-state index contributed by atoms with van der Waals surface area (Å²) in [6, 6.07) is 0.996. The average molecular weight is 259 g/mol. The van der Waals surface area contributed by atoms with Gasteiger partial charge in [0.2, 0.25) is 0 Å². The predicted molar refractivity (Wildman–Crippen MR) is 70.8 cm³/mol. The summed E-state index contributed by atoms with van der Waals surface area (Å²) in [5.41, 5.74) is 0.442. The van der Waals surface area contributed by atoms with E-state index in [1.165, 1.54) is 12.8 Å². The van der Waals surface area contributed by atoms with Gasteiger partial charge < -0.3 is 5.32 Å². The van der Waals surface area contributed by atoms with E-state index < -0.39 is 9.84 Å². The van der Waals surface area contributed by atoms with Crippen molar-refractivity contribution in [2.45, 2.75) is 58.5 Å². The SMILES string of the molecule is CC1CC(C)(C)CC1NC1CCS(=O)(=O)CC1. The molecule has 0 aromatic carbocycles. The van der Waals surface area contributed by atoms with E-state index in [1.807, 2.05) is 0 Å². The van der Waals surface area contributed by atoms with E-state index in [9.17, 15) is 8.42 Å². The molecule has 1 saturated carbocycles. The second-order valence-electron chi connectivity index (χ2n) is 6.75. The molecule has 0 amide bonds. The lowest BCUT2D eigenvalue weighted by atomic mass is 9.91. The molecular weight excluding hydrogens is 234 g/mol. The van der Waals surface area contributed by atoms with Gasteiger partial charge >= 0.3 is 0 Å². The van der Waals surface area contributed by atoms with Crippen molar-refractivity contribution in [3.05, 3.63) is 0 Å². The highest BCUT2D eigenvalue weighted by atomic mass is 32.2. The Morgan fingerprint density at radius 2 is 1.71 bits per heavy atom. The van der Waals surface area contributed by atoms with Crippen LogP contribution in [-0.2, 0) is 9.84 Å². The molecule has 3 nitrogen and oxygen atoms in total. The van der Waals surface area contributed by atoms with Gasteiger partial charge in [-0.3, -0.25) is 0 Å². The van der Waals surface area contributed by atoms with Crippen LogP contribution in [0.1, 0.15) is 46.5 Å². The third kappa shape index (κ3) is 3.44. The second-order valence-corrected chi connectivity index (χ2v) is 9.05. The molecule has 4 heteroatoms. The van der Waals surface area contributed by atoms with Crippen LogP contribution in [0, 0.1) is 11.3 Å². The van der Waals surface area contributed by atoms with Gasteiger partial charge in [-0.25, -0.2) is 8.42 Å². The van der Waals surface area contributed by atoms with Gasteiger partial charge in [0.25, 0.3) is 0 Å². The van der Waals surface area contributed by atoms with Crippen LogP contribution in [0.4, 0.5) is 0 Å². The van der Waals surface area contributed by atoms with Crippen molar-refractivity contribution in [3.63, 3.8) is 0 Å². The van der Waals surface area contributed by atoms with Crippen LogP contribution in [-0.4, -0.2) is 32.0 Å². The molecule has 0 aromatic heterocycles. The van der Waals surface area contributed by atoms with Gasteiger partial charge in [0.1, 0.15) is 9.84 Å². The highest BCUT2D eigenvalue weighted by molar-refractivity contribution is 7.91. The van der Waals surface area contributed by atoms with Crippen molar-refractivity contribution in [2.75, 3.05) is 11.5 Å². The highest BCUT2D eigenvalue weighted by Crippen LogP contribution is 2.41. The summed E-state index contributed by atoms with van der Waals surface area (Å²) in [5.74, 6) is 1.45. The Morgan fingerprint density at radius 3 is 2.18 bits per heavy atom. The van der Waals surface area contributed by atoms with Gasteiger partial charge in [0.05, 0.1) is 11.5 Å². The Hall–Kier alpha value is -0.0900. The van der Waals surface area contributed by atoms with Gasteiger partial charge in [-0.15, -0.1) is 0 Å². The smallest absolute Gasteiger partial charge is 0.150 e. The van der Waals surface area contributed by atoms with Crippen LogP contribution in [0.2, 0.25) is 0 Å². The predicted octanol–water partition coefficient (Wildman–Crippen LogP) is 1.98. The number of sulfone groups is 1. The molecular formula is C13H25NO2S. The minimum absolute atomic E-state index is 0.370. The van der Waals surface area contributed by atoms with E-state index >= 15 is 0 Å². The van der Waals surface area contributed by atoms with Crippen LogP contribution in [0.15, 0.2) is 0 Å². The lowest BCUT2D eigenvalue weighted by molar-refractivity contribution is 0.340. The number of rotatable bonds is 2. The van der Waals surface area contributed by atoms with Crippen LogP contribution < -0.4 is 5.32 Å². The fourth-order valence-corrected chi connectivity index (χ4v) is 4.97. The molecule has 0 spiro atoms. The van der Waals surface area contributed by atoms with Gasteiger partial charge in [0, 0.05) is 12.1 Å². The summed E-state index contributed by atoms with van der Waals surface area (Å²) in [5, 5.41) is 3.70. The Bertz CT molecular complexity index is 361. The van der Waals surface area contributed by atoms with Crippen molar-refractivity contribution in [1.29, 1.82) is 0 Å². The Kier molecular flexibility index (Phi) is 3.56. The van der Waals surface area contributed by atoms with Crippen molar-refractivity contribution in [2.24, 2.45) is 11.3 Å². The van der Waals surface area contributed by atoms with E-state index in [2.05, 4.69) is 26.1 Å². The van der Waals surface area contributed by atoms with Gasteiger partial charge in [-0.2, -0.15) is 0 Å². The van der Waals surface area contributed by atoms with Gasteiger partial charge in [0.15, 0.2) is 0 Å². The molecule has 1 aliphatic carbocycles. The quantitative estimate of drug-likeness (QED) is 0.825. The molecule has 2 rings (SSSR count). The van der Waals surface area contributed by atoms with Crippen LogP contribution in [0.5, 0.6) is 0 Å². The molecule has 2 unspecified atom stereocenters.